The Morgan fingerprint density at radius 1 is 0.800 bits per heavy atom. The molecule has 2 aromatic rings. The number of hydrogen-bond donors (Lipinski definition) is 1. The van der Waals surface area contributed by atoms with Gasteiger partial charge < -0.3 is 24.1 Å². The smallest absolute Gasteiger partial charge is 0.338 e. The van der Waals surface area contributed by atoms with Crippen molar-refractivity contribution in [1.29, 1.82) is 0 Å². The SMILES string of the molecule is C=C(C)C(=O)OCCOC(=O)c1ccc(-c2ccc(OC(=O)C(=C)C)c(OC(O)C(=C)C)c2)cc1. The van der Waals surface area contributed by atoms with E-state index in [0.29, 0.717) is 16.7 Å². The van der Waals surface area contributed by atoms with Gasteiger partial charge in [-0.2, -0.15) is 0 Å². The molecule has 8 nitrogen and oxygen atoms in total. The van der Waals surface area contributed by atoms with Gasteiger partial charge in [0, 0.05) is 11.1 Å². The lowest BCUT2D eigenvalue weighted by atomic mass is 10.0. The van der Waals surface area contributed by atoms with Crippen molar-refractivity contribution in [3.05, 3.63) is 84.5 Å². The van der Waals surface area contributed by atoms with Crippen LogP contribution in [0.4, 0.5) is 0 Å². The lowest BCUT2D eigenvalue weighted by Crippen LogP contribution is -2.17. The molecule has 0 aliphatic rings. The molecule has 0 aliphatic carbocycles. The zero-order chi connectivity index (χ0) is 26.1. The van der Waals surface area contributed by atoms with Gasteiger partial charge in [0.25, 0.3) is 0 Å². The summed E-state index contributed by atoms with van der Waals surface area (Å²) in [6, 6.07) is 11.4. The van der Waals surface area contributed by atoms with E-state index in [-0.39, 0.29) is 35.9 Å². The molecule has 8 heteroatoms. The third-order valence-corrected chi connectivity index (χ3v) is 4.51. The summed E-state index contributed by atoms with van der Waals surface area (Å²) in [5.41, 5.74) is 2.54. The van der Waals surface area contributed by atoms with Gasteiger partial charge in [-0.15, -0.1) is 0 Å². The van der Waals surface area contributed by atoms with Crippen LogP contribution in [0.2, 0.25) is 0 Å². The fourth-order valence-electron chi connectivity index (χ4n) is 2.55. The van der Waals surface area contributed by atoms with E-state index in [9.17, 15) is 19.5 Å². The van der Waals surface area contributed by atoms with Crippen molar-refractivity contribution in [2.45, 2.75) is 27.1 Å². The Bertz CT molecular complexity index is 1140. The van der Waals surface area contributed by atoms with Crippen molar-refractivity contribution in [3.63, 3.8) is 0 Å². The Morgan fingerprint density at radius 3 is 1.94 bits per heavy atom. The van der Waals surface area contributed by atoms with Crippen LogP contribution in [0.3, 0.4) is 0 Å². The maximum Gasteiger partial charge on any atom is 0.338 e. The summed E-state index contributed by atoms with van der Waals surface area (Å²) < 4.78 is 20.8. The molecule has 0 radical (unpaired) electrons. The van der Waals surface area contributed by atoms with Crippen LogP contribution in [-0.4, -0.2) is 42.5 Å². The van der Waals surface area contributed by atoms with Crippen LogP contribution in [-0.2, 0) is 19.1 Å². The minimum Gasteiger partial charge on any atom is -0.459 e. The molecule has 2 aromatic carbocycles. The summed E-state index contributed by atoms with van der Waals surface area (Å²) in [6.45, 7) is 15.1. The summed E-state index contributed by atoms with van der Waals surface area (Å²) in [6.07, 6.45) is -1.31. The van der Waals surface area contributed by atoms with E-state index in [4.69, 9.17) is 18.9 Å². The second kappa shape index (κ2) is 12.3. The lowest BCUT2D eigenvalue weighted by Gasteiger charge is -2.17. The minimum absolute atomic E-state index is 0.0728. The molecule has 2 rings (SSSR count). The summed E-state index contributed by atoms with van der Waals surface area (Å²) >= 11 is 0. The van der Waals surface area contributed by atoms with Crippen LogP contribution >= 0.6 is 0 Å². The Balaban J connectivity index is 2.16. The fraction of sp³-hybridized carbons (Fsp3) is 0.222. The molecule has 0 bridgehead atoms. The first-order valence-corrected chi connectivity index (χ1v) is 10.6. The Labute approximate surface area is 204 Å². The zero-order valence-corrected chi connectivity index (χ0v) is 20.0. The Kier molecular flexibility index (Phi) is 9.54. The first-order chi connectivity index (χ1) is 16.5. The highest BCUT2D eigenvalue weighted by molar-refractivity contribution is 5.91. The molecular weight excluding hydrogens is 452 g/mol. The predicted octanol–water partition coefficient (Wildman–Crippen LogP) is 4.38. The van der Waals surface area contributed by atoms with Gasteiger partial charge in [0.1, 0.15) is 13.2 Å². The minimum atomic E-state index is -1.31. The molecule has 0 saturated carbocycles. The largest absolute Gasteiger partial charge is 0.459 e. The predicted molar refractivity (Wildman–Crippen MR) is 130 cm³/mol. The normalized spacial score (nSPS) is 11.1. The molecule has 0 spiro atoms. The maximum absolute atomic E-state index is 12.2. The Hall–Kier alpha value is -4.17. The molecule has 184 valence electrons. The van der Waals surface area contributed by atoms with Gasteiger partial charge in [0.15, 0.2) is 11.5 Å². The third-order valence-electron chi connectivity index (χ3n) is 4.51. The molecule has 0 saturated heterocycles. The third kappa shape index (κ3) is 7.97. The highest BCUT2D eigenvalue weighted by Gasteiger charge is 2.17. The molecule has 0 amide bonds. The van der Waals surface area contributed by atoms with E-state index in [1.165, 1.54) is 19.9 Å². The average molecular weight is 481 g/mol. The highest BCUT2D eigenvalue weighted by Crippen LogP contribution is 2.34. The number of aliphatic hydroxyl groups is 1. The van der Waals surface area contributed by atoms with Crippen LogP contribution in [0.15, 0.2) is 78.9 Å². The monoisotopic (exact) mass is 480 g/mol. The number of carbonyl (C=O) groups excluding carboxylic acids is 3. The van der Waals surface area contributed by atoms with Gasteiger partial charge in [-0.25, -0.2) is 14.4 Å². The molecule has 1 atom stereocenters. The lowest BCUT2D eigenvalue weighted by molar-refractivity contribution is -0.140. The van der Waals surface area contributed by atoms with E-state index in [0.717, 1.165) is 5.56 Å². The van der Waals surface area contributed by atoms with Crippen LogP contribution in [0.5, 0.6) is 11.5 Å². The first-order valence-electron chi connectivity index (χ1n) is 10.6. The van der Waals surface area contributed by atoms with E-state index in [2.05, 4.69) is 19.7 Å². The van der Waals surface area contributed by atoms with E-state index < -0.39 is 24.2 Å². The van der Waals surface area contributed by atoms with Crippen LogP contribution in [0.25, 0.3) is 11.1 Å². The van der Waals surface area contributed by atoms with Crippen LogP contribution in [0, 0.1) is 0 Å². The Morgan fingerprint density at radius 2 is 1.37 bits per heavy atom. The molecule has 0 heterocycles. The number of carbonyl (C=O) groups is 3. The molecule has 1 unspecified atom stereocenters. The summed E-state index contributed by atoms with van der Waals surface area (Å²) in [4.78, 5) is 35.5. The maximum atomic E-state index is 12.2. The van der Waals surface area contributed by atoms with Gasteiger partial charge in [-0.3, -0.25) is 0 Å². The van der Waals surface area contributed by atoms with Gasteiger partial charge in [-0.1, -0.05) is 37.9 Å². The molecule has 35 heavy (non-hydrogen) atoms. The summed E-state index contributed by atoms with van der Waals surface area (Å²) in [7, 11) is 0. The number of esters is 3. The van der Waals surface area contributed by atoms with Crippen molar-refractivity contribution in [2.75, 3.05) is 13.2 Å². The van der Waals surface area contributed by atoms with E-state index in [1.807, 2.05) is 0 Å². The van der Waals surface area contributed by atoms with E-state index >= 15 is 0 Å². The number of ether oxygens (including phenoxy) is 4. The number of rotatable bonds is 11. The van der Waals surface area contributed by atoms with Crippen LogP contribution < -0.4 is 9.47 Å². The van der Waals surface area contributed by atoms with Gasteiger partial charge in [-0.05, 0) is 61.7 Å². The molecule has 0 aliphatic heterocycles. The van der Waals surface area contributed by atoms with Crippen molar-refractivity contribution in [3.8, 4) is 22.6 Å². The number of aliphatic hydroxyl groups excluding tert-OH is 1. The van der Waals surface area contributed by atoms with Crippen molar-refractivity contribution < 1.29 is 38.4 Å². The van der Waals surface area contributed by atoms with Crippen molar-refractivity contribution >= 4 is 17.9 Å². The van der Waals surface area contributed by atoms with Gasteiger partial charge in [0.05, 0.1) is 5.56 Å². The standard InChI is InChI=1S/C27H28O8/c1-16(2)24(28)32-13-14-33-27(31)20-9-7-19(8-10-20)21-11-12-22(34-25(29)17(3)4)23(15-21)35-26(30)18(5)6/h7-12,15,26,30H,1,3,5,13-14H2,2,4,6H3. The summed E-state index contributed by atoms with van der Waals surface area (Å²) in [5.74, 6) is -1.52. The number of benzene rings is 2. The quantitative estimate of drug-likeness (QED) is 0.126. The first kappa shape index (κ1) is 27.1. The molecule has 0 aromatic heterocycles. The van der Waals surface area contributed by atoms with Crippen molar-refractivity contribution in [1.82, 2.24) is 0 Å². The second-order valence-corrected chi connectivity index (χ2v) is 7.78. The molecular formula is C27H28O8. The average Bonchev–Trinajstić information content (AvgIpc) is 2.82. The second-order valence-electron chi connectivity index (χ2n) is 7.78. The van der Waals surface area contributed by atoms with Crippen molar-refractivity contribution in [2.24, 2.45) is 0 Å². The highest BCUT2D eigenvalue weighted by atomic mass is 16.6. The van der Waals surface area contributed by atoms with Gasteiger partial charge in [0.2, 0.25) is 6.29 Å². The topological polar surface area (TPSA) is 108 Å². The molecule has 1 N–H and O–H groups in total. The number of hydrogen-bond acceptors (Lipinski definition) is 8. The van der Waals surface area contributed by atoms with Gasteiger partial charge >= 0.3 is 17.9 Å². The fourth-order valence-corrected chi connectivity index (χ4v) is 2.55. The van der Waals surface area contributed by atoms with Crippen LogP contribution in [0.1, 0.15) is 31.1 Å². The van der Waals surface area contributed by atoms with E-state index in [1.54, 1.807) is 43.3 Å². The summed E-state index contributed by atoms with van der Waals surface area (Å²) in [5, 5.41) is 10.1. The zero-order valence-electron chi connectivity index (χ0n) is 20.0. The molecule has 0 fully saturated rings.